The number of aliphatic hydroxyl groups excluding tert-OH is 1. The zero-order valence-corrected chi connectivity index (χ0v) is 13.7. The van der Waals surface area contributed by atoms with Crippen LogP contribution < -0.4 is 4.74 Å². The molecule has 1 aliphatic heterocycles. The van der Waals surface area contributed by atoms with E-state index in [0.29, 0.717) is 25.1 Å². The van der Waals surface area contributed by atoms with Gasteiger partial charge in [0.05, 0.1) is 18.3 Å². The van der Waals surface area contributed by atoms with Crippen LogP contribution in [0.5, 0.6) is 5.75 Å². The lowest BCUT2D eigenvalue weighted by Gasteiger charge is -2.35. The van der Waals surface area contributed by atoms with Crippen LogP contribution >= 0.6 is 0 Å². The van der Waals surface area contributed by atoms with E-state index in [9.17, 15) is 18.7 Å². The second-order valence-corrected chi connectivity index (χ2v) is 5.95. The summed E-state index contributed by atoms with van der Waals surface area (Å²) in [6.07, 6.45) is 1.92. The minimum atomic E-state index is -0.953. The van der Waals surface area contributed by atoms with Gasteiger partial charge in [-0.3, -0.25) is 9.48 Å². The Morgan fingerprint density at radius 2 is 2.08 bits per heavy atom. The highest BCUT2D eigenvalue weighted by Crippen LogP contribution is 2.22. The highest BCUT2D eigenvalue weighted by Gasteiger charge is 2.32. The predicted octanol–water partition coefficient (Wildman–Crippen LogP) is 1.84. The van der Waals surface area contributed by atoms with E-state index in [1.807, 2.05) is 6.92 Å². The number of β-amino-alcohol motifs (C(OH)–C–C–N with tert-alkyl or cyclic N) is 1. The van der Waals surface area contributed by atoms with Gasteiger partial charge in [0.1, 0.15) is 29.6 Å². The highest BCUT2D eigenvalue weighted by atomic mass is 19.1. The number of hydrogen-bond donors (Lipinski definition) is 1. The van der Waals surface area contributed by atoms with Crippen LogP contribution in [0.4, 0.5) is 8.78 Å². The zero-order chi connectivity index (χ0) is 18.0. The third kappa shape index (κ3) is 3.96. The van der Waals surface area contributed by atoms with Gasteiger partial charge in [-0.05, 0) is 6.92 Å². The summed E-state index contributed by atoms with van der Waals surface area (Å²) >= 11 is 0. The average Bonchev–Trinajstić information content (AvgIpc) is 3.04. The second-order valence-electron chi connectivity index (χ2n) is 5.95. The van der Waals surface area contributed by atoms with Crippen molar-refractivity contribution in [2.45, 2.75) is 32.1 Å². The number of amides is 1. The maximum absolute atomic E-state index is 13.2. The standard InChI is InChI=1S/C17H19F2N3O3/c1-2-22-9-11(8-20-22)17(24)21-4-3-16(15(23)10-21)25-14-6-12(18)5-13(19)7-14/h5-9,15-16,23H,2-4,10H2,1H3/t15-,16-/m1/s1. The van der Waals surface area contributed by atoms with E-state index in [2.05, 4.69) is 5.10 Å². The monoisotopic (exact) mass is 351 g/mol. The first-order valence-corrected chi connectivity index (χ1v) is 8.09. The number of hydrogen-bond acceptors (Lipinski definition) is 4. The van der Waals surface area contributed by atoms with Gasteiger partial charge in [0, 0.05) is 43.9 Å². The maximum atomic E-state index is 13.2. The zero-order valence-electron chi connectivity index (χ0n) is 13.7. The minimum absolute atomic E-state index is 0.0190. The fraction of sp³-hybridized carbons (Fsp3) is 0.412. The predicted molar refractivity (Wildman–Crippen MR) is 85.2 cm³/mol. The number of likely N-dealkylation sites (tertiary alicyclic amines) is 1. The molecular formula is C17H19F2N3O3. The van der Waals surface area contributed by atoms with Crippen molar-refractivity contribution in [1.82, 2.24) is 14.7 Å². The lowest BCUT2D eigenvalue weighted by molar-refractivity contribution is -0.0200. The van der Waals surface area contributed by atoms with Crippen molar-refractivity contribution in [2.24, 2.45) is 0 Å². The number of carbonyl (C=O) groups is 1. The van der Waals surface area contributed by atoms with E-state index in [1.165, 1.54) is 11.1 Å². The lowest BCUT2D eigenvalue weighted by atomic mass is 10.0. The van der Waals surface area contributed by atoms with E-state index in [-0.39, 0.29) is 18.2 Å². The van der Waals surface area contributed by atoms with Crippen molar-refractivity contribution in [3.05, 3.63) is 47.8 Å². The number of halogens is 2. The molecule has 1 aliphatic rings. The van der Waals surface area contributed by atoms with Crippen LogP contribution in [0, 0.1) is 11.6 Å². The van der Waals surface area contributed by atoms with Crippen molar-refractivity contribution < 1.29 is 23.4 Å². The van der Waals surface area contributed by atoms with E-state index in [4.69, 9.17) is 4.74 Å². The van der Waals surface area contributed by atoms with E-state index < -0.39 is 23.8 Å². The molecule has 134 valence electrons. The van der Waals surface area contributed by atoms with Crippen molar-refractivity contribution in [2.75, 3.05) is 13.1 Å². The Morgan fingerprint density at radius 3 is 2.68 bits per heavy atom. The van der Waals surface area contributed by atoms with Crippen molar-refractivity contribution >= 4 is 5.91 Å². The molecular weight excluding hydrogens is 332 g/mol. The molecule has 0 aliphatic carbocycles. The fourth-order valence-corrected chi connectivity index (χ4v) is 2.83. The Hall–Kier alpha value is -2.48. The van der Waals surface area contributed by atoms with Gasteiger partial charge >= 0.3 is 0 Å². The molecule has 0 bridgehead atoms. The Morgan fingerprint density at radius 1 is 1.36 bits per heavy atom. The fourth-order valence-electron chi connectivity index (χ4n) is 2.83. The third-order valence-electron chi connectivity index (χ3n) is 4.14. The first kappa shape index (κ1) is 17.3. The van der Waals surface area contributed by atoms with Crippen molar-refractivity contribution in [3.63, 3.8) is 0 Å². The molecule has 0 unspecified atom stereocenters. The summed E-state index contributed by atoms with van der Waals surface area (Å²) in [7, 11) is 0. The Balaban J connectivity index is 1.63. The molecule has 0 spiro atoms. The van der Waals surface area contributed by atoms with Gasteiger partial charge in [0.25, 0.3) is 5.91 Å². The molecule has 1 saturated heterocycles. The van der Waals surface area contributed by atoms with Gasteiger partial charge in [-0.25, -0.2) is 8.78 Å². The number of carbonyl (C=O) groups excluding carboxylic acids is 1. The molecule has 0 radical (unpaired) electrons. The van der Waals surface area contributed by atoms with Gasteiger partial charge in [-0.2, -0.15) is 5.10 Å². The number of ether oxygens (including phenoxy) is 1. The Kier molecular flexibility index (Phi) is 4.98. The summed E-state index contributed by atoms with van der Waals surface area (Å²) in [5, 5.41) is 14.3. The number of rotatable bonds is 4. The lowest BCUT2D eigenvalue weighted by Crippen LogP contribution is -2.51. The molecule has 2 aromatic rings. The second kappa shape index (κ2) is 7.18. The van der Waals surface area contributed by atoms with Crippen molar-refractivity contribution in [3.8, 4) is 5.75 Å². The number of benzene rings is 1. The van der Waals surface area contributed by atoms with Gasteiger partial charge in [0.2, 0.25) is 0 Å². The molecule has 6 nitrogen and oxygen atoms in total. The van der Waals surface area contributed by atoms with Crippen LogP contribution in [-0.4, -0.2) is 51.0 Å². The van der Waals surface area contributed by atoms with Crippen LogP contribution in [0.25, 0.3) is 0 Å². The van der Waals surface area contributed by atoms with Gasteiger partial charge in [0.15, 0.2) is 0 Å². The number of aromatic nitrogens is 2. The Bertz CT molecular complexity index is 745. The SMILES string of the molecule is CCn1cc(C(=O)N2CC[C@@H](Oc3cc(F)cc(F)c3)[C@H](O)C2)cn1. The molecule has 2 atom stereocenters. The quantitative estimate of drug-likeness (QED) is 0.913. The summed E-state index contributed by atoms with van der Waals surface area (Å²) in [5.41, 5.74) is 0.459. The number of piperidine rings is 1. The number of nitrogens with zero attached hydrogens (tertiary/aromatic N) is 3. The summed E-state index contributed by atoms with van der Waals surface area (Å²) < 4.78 is 33.6. The van der Waals surface area contributed by atoms with Gasteiger partial charge in [-0.1, -0.05) is 0 Å². The molecule has 1 fully saturated rings. The van der Waals surface area contributed by atoms with Crippen LogP contribution in [0.1, 0.15) is 23.7 Å². The first-order chi connectivity index (χ1) is 12.0. The summed E-state index contributed by atoms with van der Waals surface area (Å²) in [6.45, 7) is 3.04. The van der Waals surface area contributed by atoms with Crippen LogP contribution in [-0.2, 0) is 6.54 Å². The van der Waals surface area contributed by atoms with E-state index in [1.54, 1.807) is 10.9 Å². The molecule has 25 heavy (non-hydrogen) atoms. The minimum Gasteiger partial charge on any atom is -0.487 e. The smallest absolute Gasteiger partial charge is 0.257 e. The molecule has 1 aromatic heterocycles. The third-order valence-corrected chi connectivity index (χ3v) is 4.14. The van der Waals surface area contributed by atoms with Crippen LogP contribution in [0.15, 0.2) is 30.6 Å². The topological polar surface area (TPSA) is 67.6 Å². The number of aliphatic hydroxyl groups is 1. The number of aryl methyl sites for hydroxylation is 1. The van der Waals surface area contributed by atoms with Gasteiger partial charge < -0.3 is 14.7 Å². The first-order valence-electron chi connectivity index (χ1n) is 8.09. The van der Waals surface area contributed by atoms with Crippen molar-refractivity contribution in [1.29, 1.82) is 0 Å². The molecule has 1 amide bonds. The molecule has 8 heteroatoms. The van der Waals surface area contributed by atoms with E-state index >= 15 is 0 Å². The van der Waals surface area contributed by atoms with Gasteiger partial charge in [-0.15, -0.1) is 0 Å². The van der Waals surface area contributed by atoms with E-state index in [0.717, 1.165) is 18.2 Å². The summed E-state index contributed by atoms with van der Waals surface area (Å²) in [5.74, 6) is -1.69. The molecule has 2 heterocycles. The van der Waals surface area contributed by atoms with Crippen LogP contribution in [0.3, 0.4) is 0 Å². The highest BCUT2D eigenvalue weighted by molar-refractivity contribution is 5.93. The normalized spacial score (nSPS) is 20.6. The Labute approximate surface area is 143 Å². The molecule has 1 N–H and O–H groups in total. The maximum Gasteiger partial charge on any atom is 0.257 e. The summed E-state index contributed by atoms with van der Waals surface area (Å²) in [6, 6.07) is 2.87. The largest absolute Gasteiger partial charge is 0.487 e. The summed E-state index contributed by atoms with van der Waals surface area (Å²) in [4.78, 5) is 14.0. The molecule has 1 aromatic carbocycles. The molecule has 3 rings (SSSR count). The molecule has 0 saturated carbocycles. The average molecular weight is 351 g/mol. The van der Waals surface area contributed by atoms with Crippen LogP contribution in [0.2, 0.25) is 0 Å².